The lowest BCUT2D eigenvalue weighted by molar-refractivity contribution is 0.00645. The second-order valence-corrected chi connectivity index (χ2v) is 5.18. The minimum absolute atomic E-state index is 0.0398. The number of carboxylic acids is 1. The molecule has 0 spiro atoms. The smallest absolute Gasteiger partial charge is 0.339 e. The monoisotopic (exact) mass is 265 g/mol. The van der Waals surface area contributed by atoms with Crippen molar-refractivity contribution in [3.63, 3.8) is 0 Å². The summed E-state index contributed by atoms with van der Waals surface area (Å²) in [6.07, 6.45) is 0. The first-order chi connectivity index (χ1) is 8.76. The number of rotatable bonds is 4. The van der Waals surface area contributed by atoms with Crippen molar-refractivity contribution in [2.24, 2.45) is 0 Å². The maximum atomic E-state index is 12.2. The molecule has 0 unspecified atom stereocenters. The average Bonchev–Trinajstić information content (AvgIpc) is 2.26. The van der Waals surface area contributed by atoms with Gasteiger partial charge < -0.3 is 15.2 Å². The number of hydrogen-bond donors (Lipinski definition) is 2. The minimum Gasteiger partial charge on any atom is -0.478 e. The Bertz CT molecular complexity index is 489. The number of esters is 1. The molecule has 0 aromatic heterocycles. The van der Waals surface area contributed by atoms with Crippen molar-refractivity contribution in [1.82, 2.24) is 5.32 Å². The minimum atomic E-state index is -1.14. The highest BCUT2D eigenvalue weighted by Gasteiger charge is 2.25. The third-order valence-electron chi connectivity index (χ3n) is 2.35. The quantitative estimate of drug-likeness (QED) is 0.815. The van der Waals surface area contributed by atoms with Gasteiger partial charge in [-0.25, -0.2) is 9.59 Å². The maximum absolute atomic E-state index is 12.2. The zero-order valence-electron chi connectivity index (χ0n) is 11.6. The lowest BCUT2D eigenvalue weighted by Crippen LogP contribution is -2.26. The third-order valence-corrected chi connectivity index (χ3v) is 2.35. The van der Waals surface area contributed by atoms with Gasteiger partial charge >= 0.3 is 11.9 Å². The van der Waals surface area contributed by atoms with E-state index in [4.69, 9.17) is 4.74 Å². The predicted octanol–water partition coefficient (Wildman–Crippen LogP) is 2.06. The van der Waals surface area contributed by atoms with E-state index in [0.29, 0.717) is 12.1 Å². The molecule has 0 aliphatic heterocycles. The zero-order chi connectivity index (χ0) is 14.6. The summed E-state index contributed by atoms with van der Waals surface area (Å²) in [6, 6.07) is 4.73. The lowest BCUT2D eigenvalue weighted by atomic mass is 10.0. The Morgan fingerprint density at radius 3 is 2.42 bits per heavy atom. The summed E-state index contributed by atoms with van der Waals surface area (Å²) in [5, 5.41) is 12.1. The zero-order valence-corrected chi connectivity index (χ0v) is 11.6. The SMILES string of the molecule is CNCc1cccc(C(=O)O)c1C(=O)OC(C)(C)C. The van der Waals surface area contributed by atoms with E-state index in [2.05, 4.69) is 5.32 Å². The summed E-state index contributed by atoms with van der Waals surface area (Å²) in [4.78, 5) is 23.4. The Kier molecular flexibility index (Phi) is 4.67. The summed E-state index contributed by atoms with van der Waals surface area (Å²) in [5.41, 5.74) is 0.0116. The number of ether oxygens (including phenoxy) is 1. The second-order valence-electron chi connectivity index (χ2n) is 5.18. The van der Waals surface area contributed by atoms with Gasteiger partial charge in [-0.15, -0.1) is 0 Å². The molecule has 2 N–H and O–H groups in total. The van der Waals surface area contributed by atoms with Crippen molar-refractivity contribution in [3.8, 4) is 0 Å². The Morgan fingerprint density at radius 2 is 1.95 bits per heavy atom. The molecule has 5 heteroatoms. The number of benzene rings is 1. The van der Waals surface area contributed by atoms with Crippen LogP contribution in [-0.2, 0) is 11.3 Å². The molecule has 1 aromatic carbocycles. The second kappa shape index (κ2) is 5.84. The van der Waals surface area contributed by atoms with Gasteiger partial charge in [0.05, 0.1) is 11.1 Å². The predicted molar refractivity (Wildman–Crippen MR) is 71.3 cm³/mol. The summed E-state index contributed by atoms with van der Waals surface area (Å²) >= 11 is 0. The Balaban J connectivity index is 3.28. The summed E-state index contributed by atoms with van der Waals surface area (Å²) < 4.78 is 5.27. The van der Waals surface area contributed by atoms with Gasteiger partial charge in [0.15, 0.2) is 0 Å². The van der Waals surface area contributed by atoms with Crippen molar-refractivity contribution < 1.29 is 19.4 Å². The van der Waals surface area contributed by atoms with Crippen molar-refractivity contribution in [1.29, 1.82) is 0 Å². The number of hydrogen-bond acceptors (Lipinski definition) is 4. The molecule has 0 radical (unpaired) electrons. The number of carboxylic acid groups (broad SMARTS) is 1. The van der Waals surface area contributed by atoms with Crippen LogP contribution < -0.4 is 5.32 Å². The number of aromatic carboxylic acids is 1. The van der Waals surface area contributed by atoms with Crippen LogP contribution in [0.3, 0.4) is 0 Å². The van der Waals surface area contributed by atoms with Crippen molar-refractivity contribution in [2.45, 2.75) is 32.9 Å². The van der Waals surface area contributed by atoms with E-state index >= 15 is 0 Å². The molecule has 0 fully saturated rings. The van der Waals surface area contributed by atoms with Crippen LogP contribution in [0.1, 0.15) is 47.1 Å². The number of carbonyl (C=O) groups excluding carboxylic acids is 1. The van der Waals surface area contributed by atoms with Gasteiger partial charge in [0.2, 0.25) is 0 Å². The van der Waals surface area contributed by atoms with Crippen LogP contribution in [0.2, 0.25) is 0 Å². The maximum Gasteiger partial charge on any atom is 0.339 e. The van der Waals surface area contributed by atoms with Crippen LogP contribution in [-0.4, -0.2) is 29.7 Å². The van der Waals surface area contributed by atoms with Crippen molar-refractivity contribution in [3.05, 3.63) is 34.9 Å². The Morgan fingerprint density at radius 1 is 1.32 bits per heavy atom. The molecule has 1 aromatic rings. The first kappa shape index (κ1) is 15.2. The molecule has 0 saturated carbocycles. The van der Waals surface area contributed by atoms with Gasteiger partial charge in [-0.3, -0.25) is 0 Å². The molecule has 5 nitrogen and oxygen atoms in total. The molecule has 0 aliphatic carbocycles. The van der Waals surface area contributed by atoms with Gasteiger partial charge in [0, 0.05) is 6.54 Å². The highest BCUT2D eigenvalue weighted by Crippen LogP contribution is 2.20. The first-order valence-corrected chi connectivity index (χ1v) is 5.99. The van der Waals surface area contributed by atoms with E-state index in [-0.39, 0.29) is 11.1 Å². The van der Waals surface area contributed by atoms with E-state index < -0.39 is 17.5 Å². The van der Waals surface area contributed by atoms with Gasteiger partial charge in [0.1, 0.15) is 5.60 Å². The van der Waals surface area contributed by atoms with Crippen LogP contribution in [0, 0.1) is 0 Å². The normalized spacial score (nSPS) is 11.2. The van der Waals surface area contributed by atoms with Gasteiger partial charge in [0.25, 0.3) is 0 Å². The molecule has 0 saturated heterocycles. The summed E-state index contributed by atoms with van der Waals surface area (Å²) in [7, 11) is 1.73. The molecule has 104 valence electrons. The fraction of sp³-hybridized carbons (Fsp3) is 0.429. The van der Waals surface area contributed by atoms with Gasteiger partial charge in [-0.1, -0.05) is 12.1 Å². The topological polar surface area (TPSA) is 75.6 Å². The van der Waals surface area contributed by atoms with Crippen LogP contribution >= 0.6 is 0 Å². The van der Waals surface area contributed by atoms with Crippen LogP contribution in [0.15, 0.2) is 18.2 Å². The van der Waals surface area contributed by atoms with Gasteiger partial charge in [-0.2, -0.15) is 0 Å². The van der Waals surface area contributed by atoms with E-state index in [9.17, 15) is 14.7 Å². The molecular weight excluding hydrogens is 246 g/mol. The highest BCUT2D eigenvalue weighted by atomic mass is 16.6. The van der Waals surface area contributed by atoms with E-state index in [0.717, 1.165) is 0 Å². The lowest BCUT2D eigenvalue weighted by Gasteiger charge is -2.21. The van der Waals surface area contributed by atoms with E-state index in [1.165, 1.54) is 6.07 Å². The Labute approximate surface area is 112 Å². The molecule has 0 bridgehead atoms. The summed E-state index contributed by atoms with van der Waals surface area (Å²) in [5.74, 6) is -1.76. The van der Waals surface area contributed by atoms with E-state index in [1.54, 1.807) is 40.0 Å². The van der Waals surface area contributed by atoms with Crippen LogP contribution in [0.5, 0.6) is 0 Å². The first-order valence-electron chi connectivity index (χ1n) is 5.99. The van der Waals surface area contributed by atoms with Crippen LogP contribution in [0.4, 0.5) is 0 Å². The Hall–Kier alpha value is -1.88. The van der Waals surface area contributed by atoms with Crippen LogP contribution in [0.25, 0.3) is 0 Å². The van der Waals surface area contributed by atoms with E-state index in [1.807, 2.05) is 0 Å². The number of carbonyl (C=O) groups is 2. The molecule has 0 atom stereocenters. The van der Waals surface area contributed by atoms with Gasteiger partial charge in [-0.05, 0) is 39.4 Å². The van der Waals surface area contributed by atoms with Crippen molar-refractivity contribution in [2.75, 3.05) is 7.05 Å². The summed E-state index contributed by atoms with van der Waals surface area (Å²) in [6.45, 7) is 5.62. The average molecular weight is 265 g/mol. The molecule has 0 heterocycles. The largest absolute Gasteiger partial charge is 0.478 e. The molecule has 0 aliphatic rings. The molecular formula is C14H19NO4. The number of nitrogens with one attached hydrogen (secondary N) is 1. The molecule has 19 heavy (non-hydrogen) atoms. The molecule has 0 amide bonds. The fourth-order valence-electron chi connectivity index (χ4n) is 1.69. The molecule has 1 rings (SSSR count). The third kappa shape index (κ3) is 4.06. The highest BCUT2D eigenvalue weighted by molar-refractivity contribution is 6.03. The standard InChI is InChI=1S/C14H19NO4/c1-14(2,3)19-13(18)11-9(8-15-4)6-5-7-10(11)12(16)17/h5-7,15H,8H2,1-4H3,(H,16,17). The van der Waals surface area contributed by atoms with Crippen molar-refractivity contribution >= 4 is 11.9 Å². The fourth-order valence-corrected chi connectivity index (χ4v) is 1.69.